The van der Waals surface area contributed by atoms with E-state index in [2.05, 4.69) is 10.6 Å². The van der Waals surface area contributed by atoms with E-state index in [1.165, 1.54) is 27.2 Å². The molecule has 0 radical (unpaired) electrons. The number of hydrogen-bond acceptors (Lipinski definition) is 6. The predicted molar refractivity (Wildman–Crippen MR) is 131 cm³/mol. The highest BCUT2D eigenvalue weighted by atomic mass is 35.5. The van der Waals surface area contributed by atoms with Crippen LogP contribution in [-0.2, 0) is 16.0 Å². The van der Waals surface area contributed by atoms with Gasteiger partial charge in [-0.25, -0.2) is 0 Å². The third-order valence-corrected chi connectivity index (χ3v) is 5.99. The van der Waals surface area contributed by atoms with Crippen LogP contribution in [0.4, 0.5) is 5.69 Å². The minimum Gasteiger partial charge on any atom is -0.493 e. The molecule has 8 nitrogen and oxygen atoms in total. The number of carbonyl (C=O) groups excluding carboxylic acids is 2. The Hall–Kier alpha value is -3.26. The summed E-state index contributed by atoms with van der Waals surface area (Å²) in [6, 6.07) is 6.29. The molecule has 0 saturated carbocycles. The Balaban J connectivity index is 2.28. The van der Waals surface area contributed by atoms with Crippen LogP contribution < -0.4 is 30.3 Å². The highest BCUT2D eigenvalue weighted by Crippen LogP contribution is 2.50. The van der Waals surface area contributed by atoms with Crippen molar-refractivity contribution in [2.45, 2.75) is 38.6 Å². The van der Waals surface area contributed by atoms with Gasteiger partial charge in [-0.1, -0.05) is 6.07 Å². The number of alkyl halides is 1. The molecule has 0 spiro atoms. The number of fused-ring (bicyclic) bond motifs is 3. The Labute approximate surface area is 203 Å². The van der Waals surface area contributed by atoms with Gasteiger partial charge < -0.3 is 24.8 Å². The van der Waals surface area contributed by atoms with Crippen molar-refractivity contribution in [3.63, 3.8) is 0 Å². The smallest absolute Gasteiger partial charge is 0.224 e. The van der Waals surface area contributed by atoms with Crippen molar-refractivity contribution in [2.75, 3.05) is 32.5 Å². The molecule has 2 aromatic rings. The lowest BCUT2D eigenvalue weighted by molar-refractivity contribution is -0.119. The van der Waals surface area contributed by atoms with Gasteiger partial charge in [0.05, 0.1) is 33.1 Å². The topological polar surface area (TPSA) is 103 Å². The second-order valence-electron chi connectivity index (χ2n) is 7.94. The molecule has 1 aliphatic carbocycles. The number of ether oxygens (including phenoxy) is 3. The molecule has 1 atom stereocenters. The lowest BCUT2D eigenvalue weighted by Gasteiger charge is -2.19. The number of halogens is 1. The summed E-state index contributed by atoms with van der Waals surface area (Å²) in [5.41, 5.74) is 2.79. The Morgan fingerprint density at radius 1 is 1.09 bits per heavy atom. The van der Waals surface area contributed by atoms with Crippen molar-refractivity contribution in [1.82, 2.24) is 5.32 Å². The fraction of sp³-hybridized carbons (Fsp3) is 0.400. The Kier molecular flexibility index (Phi) is 8.39. The van der Waals surface area contributed by atoms with Gasteiger partial charge in [0.2, 0.25) is 23.0 Å². The molecule has 0 saturated heterocycles. The van der Waals surface area contributed by atoms with Crippen molar-refractivity contribution in [3.8, 4) is 28.4 Å². The average Bonchev–Trinajstić information content (AvgIpc) is 3.05. The molecule has 182 valence electrons. The summed E-state index contributed by atoms with van der Waals surface area (Å²) < 4.78 is 16.9. The first-order valence-corrected chi connectivity index (χ1v) is 11.5. The van der Waals surface area contributed by atoms with Crippen LogP contribution in [0.3, 0.4) is 0 Å². The molecule has 34 heavy (non-hydrogen) atoms. The minimum absolute atomic E-state index is 0.148. The van der Waals surface area contributed by atoms with Crippen LogP contribution in [0.15, 0.2) is 29.1 Å². The second-order valence-corrected chi connectivity index (χ2v) is 8.31. The maximum absolute atomic E-state index is 13.1. The Bertz CT molecular complexity index is 1150. The van der Waals surface area contributed by atoms with E-state index >= 15 is 0 Å². The maximum atomic E-state index is 13.1. The number of methoxy groups -OCH3 is 3. The number of aryl methyl sites for hydroxylation is 1. The van der Waals surface area contributed by atoms with Crippen LogP contribution in [0, 0.1) is 0 Å². The normalized spacial score (nSPS) is 14.2. The molecule has 2 aromatic carbocycles. The van der Waals surface area contributed by atoms with Gasteiger partial charge in [0, 0.05) is 24.8 Å². The summed E-state index contributed by atoms with van der Waals surface area (Å²) in [5.74, 6) is 1.27. The van der Waals surface area contributed by atoms with E-state index in [1.807, 2.05) is 6.07 Å². The zero-order valence-corrected chi connectivity index (χ0v) is 20.5. The summed E-state index contributed by atoms with van der Waals surface area (Å²) in [6.07, 6.45) is 1.88. The monoisotopic (exact) mass is 488 g/mol. The number of rotatable bonds is 8. The third-order valence-electron chi connectivity index (χ3n) is 5.73. The number of hydrogen-bond donors (Lipinski definition) is 2. The average molecular weight is 489 g/mol. The largest absolute Gasteiger partial charge is 0.493 e. The van der Waals surface area contributed by atoms with Gasteiger partial charge in [0.25, 0.3) is 0 Å². The van der Waals surface area contributed by atoms with Gasteiger partial charge in [0.15, 0.2) is 11.5 Å². The lowest BCUT2D eigenvalue weighted by atomic mass is 9.95. The number of carbonyl (C=O) groups is 2. The molecule has 0 aliphatic heterocycles. The standard InChI is InChI=1S/C25H29ClN2O6/c1-14(29)27-18-9-7-15-12-21(32-2)24(33-3)25(34-4)23(15)16-8-10-19(20(30)13-17(16)18)28-22(31)6-5-11-26/h8,10,12-13,18H,5-7,9,11H2,1-4H3,(H,27,29)(H,28,30,31). The fourth-order valence-corrected chi connectivity index (χ4v) is 4.38. The molecule has 0 aromatic heterocycles. The summed E-state index contributed by atoms with van der Waals surface area (Å²) in [6.45, 7) is 1.44. The van der Waals surface area contributed by atoms with Crippen molar-refractivity contribution < 1.29 is 23.8 Å². The van der Waals surface area contributed by atoms with Gasteiger partial charge in [0.1, 0.15) is 0 Å². The van der Waals surface area contributed by atoms with E-state index < -0.39 is 6.04 Å². The summed E-state index contributed by atoms with van der Waals surface area (Å²) in [4.78, 5) is 37.3. The molecule has 0 bridgehead atoms. The molecular weight excluding hydrogens is 460 g/mol. The SMILES string of the molecule is COc1cc2c(c(OC)c1OC)-c1ccc(NC(=O)CCCCl)c(=O)cc1C(NC(C)=O)CC2. The second kappa shape index (κ2) is 11.2. The first-order chi connectivity index (χ1) is 16.3. The summed E-state index contributed by atoms with van der Waals surface area (Å²) in [7, 11) is 4.62. The number of amides is 2. The van der Waals surface area contributed by atoms with E-state index in [9.17, 15) is 14.4 Å². The van der Waals surface area contributed by atoms with E-state index in [-0.39, 0.29) is 29.4 Å². The van der Waals surface area contributed by atoms with Crippen LogP contribution in [0.25, 0.3) is 11.1 Å². The Morgan fingerprint density at radius 3 is 2.44 bits per heavy atom. The lowest BCUT2D eigenvalue weighted by Crippen LogP contribution is -2.26. The summed E-state index contributed by atoms with van der Waals surface area (Å²) in [5, 5.41) is 5.63. The summed E-state index contributed by atoms with van der Waals surface area (Å²) >= 11 is 5.68. The fourth-order valence-electron chi connectivity index (χ4n) is 4.25. The van der Waals surface area contributed by atoms with Crippen LogP contribution in [0.5, 0.6) is 17.2 Å². The van der Waals surface area contributed by atoms with Gasteiger partial charge in [-0.15, -0.1) is 11.6 Å². The minimum atomic E-state index is -0.415. The molecule has 1 unspecified atom stereocenters. The zero-order chi connectivity index (χ0) is 24.8. The zero-order valence-electron chi connectivity index (χ0n) is 19.7. The van der Waals surface area contributed by atoms with Gasteiger partial charge in [-0.3, -0.25) is 14.4 Å². The van der Waals surface area contributed by atoms with Crippen molar-refractivity contribution in [2.24, 2.45) is 0 Å². The molecular formula is C25H29ClN2O6. The molecule has 2 amide bonds. The predicted octanol–water partition coefficient (Wildman–Crippen LogP) is 3.82. The maximum Gasteiger partial charge on any atom is 0.224 e. The van der Waals surface area contributed by atoms with E-state index in [4.69, 9.17) is 25.8 Å². The quantitative estimate of drug-likeness (QED) is 0.547. The highest BCUT2D eigenvalue weighted by Gasteiger charge is 2.29. The van der Waals surface area contributed by atoms with Crippen LogP contribution in [0.1, 0.15) is 43.4 Å². The van der Waals surface area contributed by atoms with Crippen molar-refractivity contribution in [3.05, 3.63) is 45.6 Å². The number of benzene rings is 1. The van der Waals surface area contributed by atoms with E-state index in [0.29, 0.717) is 53.5 Å². The van der Waals surface area contributed by atoms with Gasteiger partial charge in [-0.2, -0.15) is 0 Å². The van der Waals surface area contributed by atoms with Gasteiger partial charge in [-0.05, 0) is 54.2 Å². The van der Waals surface area contributed by atoms with Crippen LogP contribution in [0.2, 0.25) is 0 Å². The molecule has 2 N–H and O–H groups in total. The van der Waals surface area contributed by atoms with E-state index in [0.717, 1.165) is 11.1 Å². The van der Waals surface area contributed by atoms with Gasteiger partial charge >= 0.3 is 0 Å². The molecule has 1 aliphatic rings. The Morgan fingerprint density at radius 2 is 1.82 bits per heavy atom. The highest BCUT2D eigenvalue weighted by molar-refractivity contribution is 6.18. The molecule has 9 heteroatoms. The number of anilines is 1. The molecule has 3 rings (SSSR count). The van der Waals surface area contributed by atoms with E-state index in [1.54, 1.807) is 19.2 Å². The molecule has 0 fully saturated rings. The number of nitrogens with one attached hydrogen (secondary N) is 2. The first-order valence-electron chi connectivity index (χ1n) is 11.0. The van der Waals surface area contributed by atoms with Crippen LogP contribution in [-0.4, -0.2) is 39.0 Å². The van der Waals surface area contributed by atoms with Crippen LogP contribution >= 0.6 is 11.6 Å². The first kappa shape index (κ1) is 25.4. The molecule has 0 heterocycles. The van der Waals surface area contributed by atoms with Crippen molar-refractivity contribution >= 4 is 29.1 Å². The van der Waals surface area contributed by atoms with Crippen molar-refractivity contribution in [1.29, 1.82) is 0 Å². The third kappa shape index (κ3) is 5.28.